The summed E-state index contributed by atoms with van der Waals surface area (Å²) in [6.45, 7) is 1.92. The van der Waals surface area contributed by atoms with Crippen LogP contribution in [0.1, 0.15) is 50.0 Å². The number of carbonyl (C=O) groups is 3. The third-order valence-electron chi connectivity index (χ3n) is 6.31. The Morgan fingerprint density at radius 3 is 1.77 bits per heavy atom. The largest absolute Gasteiger partial charge is 0.506 e. The molecule has 0 atom stereocenters. The Hall–Kier alpha value is -5.72. The minimum absolute atomic E-state index is 0.0764. The lowest BCUT2D eigenvalue weighted by Gasteiger charge is -2.15. The zero-order valence-electron chi connectivity index (χ0n) is 23.3. The Labute approximate surface area is 243 Å². The topological polar surface area (TPSA) is 201 Å². The molecular weight excluding hydrogens is 565 g/mol. The van der Waals surface area contributed by atoms with Crippen molar-refractivity contribution in [3.63, 3.8) is 0 Å². The number of hydrogen-bond acceptors (Lipinski definition) is 7. The Balaban J connectivity index is 0.000000238. The first-order valence-electron chi connectivity index (χ1n) is 12.8. The van der Waals surface area contributed by atoms with Gasteiger partial charge in [0.2, 0.25) is 0 Å². The number of hydrogen-bond donors (Lipinski definition) is 6. The number of carboxylic acid groups (broad SMARTS) is 3. The average Bonchev–Trinajstić information content (AvgIpc) is 2.94. The van der Waals surface area contributed by atoms with E-state index in [-0.39, 0.29) is 16.8 Å². The van der Waals surface area contributed by atoms with Crippen molar-refractivity contribution in [2.45, 2.75) is 19.8 Å². The molecule has 2 aromatic carbocycles. The van der Waals surface area contributed by atoms with E-state index in [4.69, 9.17) is 15.3 Å². The van der Waals surface area contributed by atoms with E-state index in [1.54, 1.807) is 0 Å². The molecule has 43 heavy (non-hydrogen) atoms. The van der Waals surface area contributed by atoms with Crippen molar-refractivity contribution in [3.8, 4) is 28.3 Å². The van der Waals surface area contributed by atoms with E-state index in [2.05, 4.69) is 9.97 Å². The van der Waals surface area contributed by atoms with Gasteiger partial charge in [-0.1, -0.05) is 25.5 Å². The van der Waals surface area contributed by atoms with Crippen LogP contribution < -0.4 is 16.0 Å². The Morgan fingerprint density at radius 2 is 1.28 bits per heavy atom. The molecule has 4 rings (SSSR count). The molecule has 0 fully saturated rings. The number of rotatable bonds is 8. The van der Waals surface area contributed by atoms with Gasteiger partial charge in [0.1, 0.15) is 17.1 Å². The highest BCUT2D eigenvalue weighted by atomic mass is 19.1. The van der Waals surface area contributed by atoms with Crippen molar-refractivity contribution in [2.75, 3.05) is 19.0 Å². The highest BCUT2D eigenvalue weighted by Crippen LogP contribution is 2.31. The Morgan fingerprint density at radius 1 is 0.767 bits per heavy atom. The number of anilines is 1. The zero-order chi connectivity index (χ0) is 32.0. The predicted octanol–water partition coefficient (Wildman–Crippen LogP) is 4.04. The first-order chi connectivity index (χ1) is 20.3. The highest BCUT2D eigenvalue weighted by molar-refractivity contribution is 5.98. The summed E-state index contributed by atoms with van der Waals surface area (Å²) in [5.41, 5.74) is -0.577. The molecule has 0 aliphatic carbocycles. The van der Waals surface area contributed by atoms with Crippen LogP contribution in [0.15, 0.2) is 64.2 Å². The molecular formula is C30H28FN3O9. The fourth-order valence-corrected chi connectivity index (χ4v) is 4.19. The molecule has 0 saturated heterocycles. The first kappa shape index (κ1) is 31.8. The van der Waals surface area contributed by atoms with Crippen LogP contribution in [0, 0.1) is 5.82 Å². The third kappa shape index (κ3) is 7.14. The van der Waals surface area contributed by atoms with Gasteiger partial charge in [0.25, 0.3) is 11.1 Å². The van der Waals surface area contributed by atoms with Crippen molar-refractivity contribution < 1.29 is 39.2 Å². The Bertz CT molecular complexity index is 1790. The van der Waals surface area contributed by atoms with E-state index >= 15 is 0 Å². The molecule has 0 unspecified atom stereocenters. The first-order valence-corrected chi connectivity index (χ1v) is 12.8. The van der Waals surface area contributed by atoms with Crippen LogP contribution in [0.3, 0.4) is 0 Å². The van der Waals surface area contributed by atoms with Crippen LogP contribution in [0.2, 0.25) is 0 Å². The number of aromatic carboxylic acids is 3. The number of carboxylic acids is 3. The summed E-state index contributed by atoms with van der Waals surface area (Å²) in [6, 6.07) is 13.0. The quantitative estimate of drug-likeness (QED) is 0.173. The number of aromatic nitrogens is 2. The summed E-state index contributed by atoms with van der Waals surface area (Å²) in [7, 11) is 3.85. The van der Waals surface area contributed by atoms with E-state index < -0.39 is 51.7 Å². The van der Waals surface area contributed by atoms with Gasteiger partial charge in [-0.2, -0.15) is 0 Å². The van der Waals surface area contributed by atoms with Gasteiger partial charge in [-0.3, -0.25) is 9.59 Å². The minimum atomic E-state index is -1.53. The van der Waals surface area contributed by atoms with Crippen LogP contribution in [-0.2, 0) is 6.42 Å². The van der Waals surface area contributed by atoms with E-state index in [1.807, 2.05) is 50.2 Å². The number of benzene rings is 2. The molecule has 12 nitrogen and oxygen atoms in total. The van der Waals surface area contributed by atoms with E-state index in [1.165, 1.54) is 12.1 Å². The van der Waals surface area contributed by atoms with Gasteiger partial charge < -0.3 is 35.3 Å². The standard InChI is InChI=1S/C17H20N2O4.C13H8FNO5/c1-4-5-12-14(10-6-8-11(9-7-10)19(2)3)18-16(21)13(15(12)20)17(22)23;14-7-3-1-6(2-4-7)10-8(12(17)18)5-9(13(19)20)11(16)15-10/h6-9H,4-5H2,1-3H3,(H,22,23)(H2,18,20,21);1-5H,(H,15,16)(H,17,18)(H,19,20). The predicted molar refractivity (Wildman–Crippen MR) is 156 cm³/mol. The van der Waals surface area contributed by atoms with Gasteiger partial charge in [0.15, 0.2) is 5.56 Å². The summed E-state index contributed by atoms with van der Waals surface area (Å²) in [5.74, 6) is -5.33. The molecule has 2 aromatic heterocycles. The molecule has 0 aliphatic heterocycles. The summed E-state index contributed by atoms with van der Waals surface area (Å²) in [6.07, 6.45) is 1.18. The second kappa shape index (κ2) is 13.3. The second-order valence-corrected chi connectivity index (χ2v) is 9.45. The van der Waals surface area contributed by atoms with E-state index in [0.717, 1.165) is 29.4 Å². The lowest BCUT2D eigenvalue weighted by Crippen LogP contribution is -2.20. The molecule has 0 bridgehead atoms. The molecule has 6 N–H and O–H groups in total. The fourth-order valence-electron chi connectivity index (χ4n) is 4.19. The maximum Gasteiger partial charge on any atom is 0.345 e. The molecule has 0 radical (unpaired) electrons. The van der Waals surface area contributed by atoms with Crippen LogP contribution in [0.25, 0.3) is 22.5 Å². The SMILES string of the molecule is CCCc1c(-c2ccc(N(C)C)cc2)[nH]c(=O)c(C(=O)O)c1O.O=C(O)c1cc(C(=O)O)c(=O)[nH]c1-c1ccc(F)cc1. The molecule has 13 heteroatoms. The third-order valence-corrected chi connectivity index (χ3v) is 6.31. The molecule has 0 aliphatic rings. The zero-order valence-corrected chi connectivity index (χ0v) is 23.3. The maximum absolute atomic E-state index is 12.8. The molecule has 0 spiro atoms. The molecule has 2 heterocycles. The number of H-pyrrole nitrogens is 2. The van der Waals surface area contributed by atoms with Gasteiger partial charge >= 0.3 is 17.9 Å². The molecule has 0 saturated carbocycles. The van der Waals surface area contributed by atoms with Gasteiger partial charge in [-0.25, -0.2) is 18.8 Å². The normalized spacial score (nSPS) is 10.4. The van der Waals surface area contributed by atoms with E-state index in [0.29, 0.717) is 24.1 Å². The maximum atomic E-state index is 12.8. The van der Waals surface area contributed by atoms with Crippen LogP contribution in [0.4, 0.5) is 10.1 Å². The summed E-state index contributed by atoms with van der Waals surface area (Å²) in [4.78, 5) is 63.5. The number of pyridine rings is 2. The molecule has 4 aromatic rings. The summed E-state index contributed by atoms with van der Waals surface area (Å²) < 4.78 is 12.8. The molecule has 224 valence electrons. The number of aromatic hydroxyl groups is 1. The summed E-state index contributed by atoms with van der Waals surface area (Å²) in [5, 5.41) is 37.3. The van der Waals surface area contributed by atoms with Gasteiger partial charge in [0.05, 0.1) is 17.0 Å². The number of halogens is 1. The van der Waals surface area contributed by atoms with Crippen molar-refractivity contribution in [1.82, 2.24) is 9.97 Å². The minimum Gasteiger partial charge on any atom is -0.506 e. The smallest absolute Gasteiger partial charge is 0.345 e. The monoisotopic (exact) mass is 593 g/mol. The van der Waals surface area contributed by atoms with Crippen molar-refractivity contribution in [3.05, 3.63) is 103 Å². The number of nitrogens with one attached hydrogen (secondary N) is 2. The average molecular weight is 594 g/mol. The number of aromatic amines is 2. The van der Waals surface area contributed by atoms with Gasteiger partial charge in [-0.05, 0) is 60.0 Å². The van der Waals surface area contributed by atoms with Crippen molar-refractivity contribution in [1.29, 1.82) is 0 Å². The lowest BCUT2D eigenvalue weighted by atomic mass is 9.99. The van der Waals surface area contributed by atoms with Gasteiger partial charge in [0, 0.05) is 25.3 Å². The van der Waals surface area contributed by atoms with Gasteiger partial charge in [-0.15, -0.1) is 0 Å². The summed E-state index contributed by atoms with van der Waals surface area (Å²) >= 11 is 0. The van der Waals surface area contributed by atoms with Crippen LogP contribution in [-0.4, -0.2) is 62.4 Å². The van der Waals surface area contributed by atoms with Crippen LogP contribution in [0.5, 0.6) is 5.75 Å². The van der Waals surface area contributed by atoms with Crippen LogP contribution >= 0.6 is 0 Å². The highest BCUT2D eigenvalue weighted by Gasteiger charge is 2.22. The second-order valence-electron chi connectivity index (χ2n) is 9.45. The lowest BCUT2D eigenvalue weighted by molar-refractivity contribution is 0.0678. The van der Waals surface area contributed by atoms with E-state index in [9.17, 15) is 33.5 Å². The Kier molecular flexibility index (Phi) is 9.83. The van der Waals surface area contributed by atoms with Crippen molar-refractivity contribution in [2.24, 2.45) is 0 Å². The molecule has 0 amide bonds. The fraction of sp³-hybridized carbons (Fsp3) is 0.167. The number of nitrogens with zero attached hydrogens (tertiary/aromatic N) is 1. The van der Waals surface area contributed by atoms with Crippen molar-refractivity contribution >= 4 is 23.6 Å².